The number of rotatable bonds is 16. The molecular formula is C38H49F3N4O7S. The van der Waals surface area contributed by atoms with Gasteiger partial charge in [-0.25, -0.2) is 8.42 Å². The number of carbonyl (C=O) groups excluding carboxylic acids is 3. The molecule has 1 fully saturated rings. The largest absolute Gasteiger partial charge is 0.404 e. The van der Waals surface area contributed by atoms with Crippen LogP contribution >= 0.6 is 0 Å². The highest BCUT2D eigenvalue weighted by Crippen LogP contribution is 2.33. The summed E-state index contributed by atoms with van der Waals surface area (Å²) in [7, 11) is -3.88. The average Bonchev–Trinajstić information content (AvgIpc) is 3.56. The molecule has 1 aliphatic rings. The van der Waals surface area contributed by atoms with Crippen molar-refractivity contribution < 1.29 is 46.2 Å². The molecule has 53 heavy (non-hydrogen) atoms. The topological polar surface area (TPSA) is 179 Å². The number of nitrogens with two attached hydrogens (primary N) is 1. The van der Waals surface area contributed by atoms with Crippen LogP contribution in [0, 0.1) is 5.92 Å². The number of primary amides is 1. The van der Waals surface area contributed by atoms with Gasteiger partial charge in [0.25, 0.3) is 0 Å². The maximum Gasteiger partial charge on any atom is 0.404 e. The lowest BCUT2D eigenvalue weighted by molar-refractivity contribution is -0.180. The van der Waals surface area contributed by atoms with E-state index < -0.39 is 93.5 Å². The first-order valence-corrected chi connectivity index (χ1v) is 19.2. The van der Waals surface area contributed by atoms with Gasteiger partial charge in [-0.2, -0.15) is 13.2 Å². The van der Waals surface area contributed by atoms with E-state index in [0.29, 0.717) is 11.1 Å². The number of amides is 3. The number of β-amino-alcohol motifs (C(OH)–C–C–N with tert-alkyl or cyclic N) is 1. The number of sulfone groups is 1. The minimum Gasteiger partial charge on any atom is -0.389 e. The number of nitrogens with zero attached hydrogens (tertiary/aromatic N) is 1. The van der Waals surface area contributed by atoms with Gasteiger partial charge in [-0.1, -0.05) is 72.8 Å². The third-order valence-corrected chi connectivity index (χ3v) is 12.4. The van der Waals surface area contributed by atoms with Crippen LogP contribution in [0.3, 0.4) is 0 Å². The van der Waals surface area contributed by atoms with Crippen molar-refractivity contribution in [3.8, 4) is 0 Å². The van der Waals surface area contributed by atoms with Crippen LogP contribution in [0.1, 0.15) is 51.2 Å². The van der Waals surface area contributed by atoms with Crippen molar-refractivity contribution in [2.75, 3.05) is 18.8 Å². The Labute approximate surface area is 308 Å². The number of hydrogen-bond acceptors (Lipinski definition) is 8. The summed E-state index contributed by atoms with van der Waals surface area (Å²) in [6, 6.07) is 16.7. The zero-order valence-corrected chi connectivity index (χ0v) is 30.9. The highest BCUT2D eigenvalue weighted by molar-refractivity contribution is 7.92. The highest BCUT2D eigenvalue weighted by atomic mass is 32.2. The molecule has 0 aromatic heterocycles. The van der Waals surface area contributed by atoms with Gasteiger partial charge in [-0.15, -0.1) is 0 Å². The summed E-state index contributed by atoms with van der Waals surface area (Å²) in [4.78, 5) is 41.1. The summed E-state index contributed by atoms with van der Waals surface area (Å²) >= 11 is 0. The predicted octanol–water partition coefficient (Wildman–Crippen LogP) is 3.05. The van der Waals surface area contributed by atoms with Gasteiger partial charge in [0.2, 0.25) is 17.7 Å². The molecule has 15 heteroatoms. The number of likely N-dealkylation sites (tertiary alicyclic amines) is 1. The smallest absolute Gasteiger partial charge is 0.389 e. The zero-order valence-electron chi connectivity index (χ0n) is 30.1. The van der Waals surface area contributed by atoms with E-state index in [2.05, 4.69) is 10.6 Å². The van der Waals surface area contributed by atoms with E-state index in [1.54, 1.807) is 42.5 Å². The molecule has 1 heterocycles. The van der Waals surface area contributed by atoms with Crippen LogP contribution < -0.4 is 16.4 Å². The van der Waals surface area contributed by atoms with Gasteiger partial charge in [0.15, 0.2) is 9.84 Å². The molecule has 6 atom stereocenters. The Morgan fingerprint density at radius 1 is 0.906 bits per heavy atom. The fourth-order valence-corrected chi connectivity index (χ4v) is 7.92. The van der Waals surface area contributed by atoms with E-state index in [9.17, 15) is 46.2 Å². The van der Waals surface area contributed by atoms with Crippen molar-refractivity contribution in [3.05, 3.63) is 83.9 Å². The molecule has 0 saturated carbocycles. The molecule has 11 nitrogen and oxygen atoms in total. The SMILES string of the molecule is CC(C)(C)S(=O)(=O)C[C@@H](Cc1cccc2ccccc12)C(=O)N[C@@H](CC(N)=O)C(=O)N[C@@H](Cc1ccccc1)[C@H](O)C(O)CN1CCC[C@H]1C(F)(F)F. The lowest BCUT2D eigenvalue weighted by Gasteiger charge is -2.33. The number of fused-ring (bicyclic) bond motifs is 1. The summed E-state index contributed by atoms with van der Waals surface area (Å²) in [6.45, 7) is 4.07. The third-order valence-electron chi connectivity index (χ3n) is 9.70. The first-order valence-electron chi connectivity index (χ1n) is 17.6. The Bertz CT molecular complexity index is 1830. The molecule has 0 radical (unpaired) electrons. The molecule has 290 valence electrons. The van der Waals surface area contributed by atoms with E-state index in [-0.39, 0.29) is 32.2 Å². The van der Waals surface area contributed by atoms with Crippen LogP contribution in [0.4, 0.5) is 13.2 Å². The van der Waals surface area contributed by atoms with E-state index >= 15 is 0 Å². The number of halogens is 3. The normalized spacial score (nSPS) is 18.5. The van der Waals surface area contributed by atoms with Crippen molar-refractivity contribution in [1.29, 1.82) is 0 Å². The van der Waals surface area contributed by atoms with Crippen molar-refractivity contribution in [2.45, 2.75) is 94.1 Å². The van der Waals surface area contributed by atoms with Crippen molar-refractivity contribution in [3.63, 3.8) is 0 Å². The molecule has 0 bridgehead atoms. The minimum atomic E-state index is -4.53. The molecule has 3 amide bonds. The molecule has 1 saturated heterocycles. The summed E-state index contributed by atoms with van der Waals surface area (Å²) in [5, 5.41) is 29.1. The monoisotopic (exact) mass is 762 g/mol. The Balaban J connectivity index is 1.60. The van der Waals surface area contributed by atoms with Crippen LogP contribution in [-0.4, -0.2) is 101 Å². The van der Waals surface area contributed by atoms with E-state index in [1.165, 1.54) is 20.8 Å². The van der Waals surface area contributed by atoms with Gasteiger partial charge < -0.3 is 26.6 Å². The van der Waals surface area contributed by atoms with Gasteiger partial charge in [0, 0.05) is 6.54 Å². The molecule has 0 aliphatic carbocycles. The molecular weight excluding hydrogens is 714 g/mol. The fourth-order valence-electron chi connectivity index (χ4n) is 6.62. The average molecular weight is 763 g/mol. The number of aliphatic hydroxyl groups is 2. The van der Waals surface area contributed by atoms with Crippen molar-refractivity contribution in [1.82, 2.24) is 15.5 Å². The number of alkyl halides is 3. The first-order chi connectivity index (χ1) is 24.8. The number of benzene rings is 3. The maximum absolute atomic E-state index is 14.0. The summed E-state index contributed by atoms with van der Waals surface area (Å²) < 4.78 is 66.5. The summed E-state index contributed by atoms with van der Waals surface area (Å²) in [5.74, 6) is -4.55. The van der Waals surface area contributed by atoms with Crippen LogP contribution in [0.5, 0.6) is 0 Å². The Morgan fingerprint density at radius 2 is 1.55 bits per heavy atom. The lowest BCUT2D eigenvalue weighted by atomic mass is 9.94. The van der Waals surface area contributed by atoms with Gasteiger partial charge in [-0.05, 0) is 74.9 Å². The number of aliphatic hydroxyl groups excluding tert-OH is 2. The maximum atomic E-state index is 14.0. The van der Waals surface area contributed by atoms with Gasteiger partial charge in [0.1, 0.15) is 18.2 Å². The quantitative estimate of drug-likeness (QED) is 0.148. The first kappa shape index (κ1) is 41.7. The standard InChI is InChI=1S/C38H49F3N4O7S/c1-37(2,3)53(51,52)23-27(20-26-15-9-14-25-13-7-8-16-28(25)26)35(49)44-30(21-33(42)47)36(50)43-29(19-24-11-5-4-6-12-24)34(48)31(46)22-45-18-10-17-32(45)38(39,40)41/h4-9,11-16,27,29-32,34,46,48H,10,17-23H2,1-3H3,(H2,42,47)(H,43,50)(H,44,49)/t27-,29+,30+,31?,32+,34+/m1/s1. The summed E-state index contributed by atoms with van der Waals surface area (Å²) in [5.41, 5.74) is 6.77. The van der Waals surface area contributed by atoms with Gasteiger partial charge in [-0.3, -0.25) is 19.3 Å². The van der Waals surface area contributed by atoms with E-state index in [0.717, 1.165) is 15.7 Å². The van der Waals surface area contributed by atoms with Gasteiger partial charge >= 0.3 is 6.18 Å². The molecule has 3 aromatic carbocycles. The molecule has 0 spiro atoms. The van der Waals surface area contributed by atoms with Crippen LogP contribution in [0.2, 0.25) is 0 Å². The van der Waals surface area contributed by atoms with E-state index in [1.807, 2.05) is 30.3 Å². The molecule has 1 unspecified atom stereocenters. The highest BCUT2D eigenvalue weighted by Gasteiger charge is 2.47. The fraction of sp³-hybridized carbons (Fsp3) is 0.500. The second-order valence-electron chi connectivity index (χ2n) is 14.7. The zero-order chi connectivity index (χ0) is 39.1. The van der Waals surface area contributed by atoms with E-state index in [4.69, 9.17) is 5.73 Å². The molecule has 3 aromatic rings. The lowest BCUT2D eigenvalue weighted by Crippen LogP contribution is -2.58. The summed E-state index contributed by atoms with van der Waals surface area (Å²) in [6.07, 6.45) is -8.70. The second kappa shape index (κ2) is 17.4. The Morgan fingerprint density at radius 3 is 2.19 bits per heavy atom. The molecule has 1 aliphatic heterocycles. The number of nitrogens with one attached hydrogen (secondary N) is 2. The van der Waals surface area contributed by atoms with Crippen LogP contribution in [0.15, 0.2) is 72.8 Å². The minimum absolute atomic E-state index is 0.0234. The third kappa shape index (κ3) is 11.2. The van der Waals surface area contributed by atoms with Gasteiger partial charge in [0.05, 0.1) is 35.0 Å². The number of hydrogen-bond donors (Lipinski definition) is 5. The van der Waals surface area contributed by atoms with Crippen LogP contribution in [-0.2, 0) is 37.1 Å². The Kier molecular flexibility index (Phi) is 13.7. The second-order valence-corrected chi connectivity index (χ2v) is 17.5. The number of carbonyl (C=O) groups is 3. The predicted molar refractivity (Wildman–Crippen MR) is 195 cm³/mol. The van der Waals surface area contributed by atoms with Crippen molar-refractivity contribution in [2.24, 2.45) is 11.7 Å². The van der Waals surface area contributed by atoms with Crippen LogP contribution in [0.25, 0.3) is 10.8 Å². The molecule has 4 rings (SSSR count). The molecule has 6 N–H and O–H groups in total. The Hall–Kier alpha value is -4.05. The van der Waals surface area contributed by atoms with Crippen molar-refractivity contribution >= 4 is 38.3 Å².